The monoisotopic (exact) mass is 218 g/mol. The lowest BCUT2D eigenvalue weighted by molar-refractivity contribution is -0.120. The van der Waals surface area contributed by atoms with Crippen LogP contribution in [0.1, 0.15) is 26.7 Å². The van der Waals surface area contributed by atoms with E-state index in [2.05, 4.69) is 23.8 Å². The first-order valence-corrected chi connectivity index (χ1v) is 6.59. The molecular weight excluding hydrogens is 196 g/mol. The lowest BCUT2D eigenvalue weighted by atomic mass is 10.2. The molecule has 84 valence electrons. The third kappa shape index (κ3) is 8.38. The molecule has 0 aliphatic carbocycles. The number of thioether (sulfide) groups is 1. The highest BCUT2D eigenvalue weighted by Gasteiger charge is 2.02. The molecule has 0 spiro atoms. The summed E-state index contributed by atoms with van der Waals surface area (Å²) in [5, 5.41) is 6.11. The predicted molar refractivity (Wildman–Crippen MR) is 63.8 cm³/mol. The summed E-state index contributed by atoms with van der Waals surface area (Å²) >= 11 is 1.86. The van der Waals surface area contributed by atoms with Crippen molar-refractivity contribution in [3.63, 3.8) is 0 Å². The third-order valence-electron chi connectivity index (χ3n) is 1.97. The average Bonchev–Trinajstić information content (AvgIpc) is 2.15. The van der Waals surface area contributed by atoms with Crippen LogP contribution in [0.2, 0.25) is 0 Å². The number of hydrogen-bond acceptors (Lipinski definition) is 3. The second-order valence-electron chi connectivity index (χ2n) is 3.34. The number of rotatable bonds is 8. The molecule has 0 radical (unpaired) electrons. The van der Waals surface area contributed by atoms with Gasteiger partial charge in [-0.05, 0) is 32.3 Å². The van der Waals surface area contributed by atoms with Gasteiger partial charge in [-0.2, -0.15) is 11.8 Å². The zero-order chi connectivity index (χ0) is 10.8. The molecule has 0 heterocycles. The number of carbonyl (C=O) groups excluding carboxylic acids is 1. The Balaban J connectivity index is 3.29. The predicted octanol–water partition coefficient (Wildman–Crippen LogP) is 1.24. The molecule has 1 unspecified atom stereocenters. The highest BCUT2D eigenvalue weighted by atomic mass is 32.2. The van der Waals surface area contributed by atoms with Crippen LogP contribution in [0.3, 0.4) is 0 Å². The fourth-order valence-corrected chi connectivity index (χ4v) is 1.70. The quantitative estimate of drug-likeness (QED) is 0.644. The molecule has 0 saturated heterocycles. The van der Waals surface area contributed by atoms with Crippen LogP contribution in [0.4, 0.5) is 0 Å². The van der Waals surface area contributed by atoms with Gasteiger partial charge in [0, 0.05) is 25.6 Å². The Labute approximate surface area is 91.4 Å². The minimum atomic E-state index is 0.136. The van der Waals surface area contributed by atoms with E-state index in [1.165, 1.54) is 5.75 Å². The highest BCUT2D eigenvalue weighted by Crippen LogP contribution is 1.99. The normalized spacial score (nSPS) is 12.5. The smallest absolute Gasteiger partial charge is 0.221 e. The first-order chi connectivity index (χ1) is 6.70. The van der Waals surface area contributed by atoms with Gasteiger partial charge in [0.15, 0.2) is 0 Å². The Morgan fingerprint density at radius 2 is 2.21 bits per heavy atom. The molecule has 3 nitrogen and oxygen atoms in total. The van der Waals surface area contributed by atoms with Crippen molar-refractivity contribution in [3.05, 3.63) is 0 Å². The van der Waals surface area contributed by atoms with E-state index in [-0.39, 0.29) is 5.91 Å². The fraction of sp³-hybridized carbons (Fsp3) is 0.900. The van der Waals surface area contributed by atoms with Crippen LogP contribution >= 0.6 is 11.8 Å². The van der Waals surface area contributed by atoms with Crippen molar-refractivity contribution < 1.29 is 4.79 Å². The molecule has 0 aliphatic rings. The summed E-state index contributed by atoms with van der Waals surface area (Å²) in [4.78, 5) is 11.1. The van der Waals surface area contributed by atoms with Crippen molar-refractivity contribution in [2.45, 2.75) is 32.7 Å². The summed E-state index contributed by atoms with van der Waals surface area (Å²) in [6, 6.07) is 0.511. The van der Waals surface area contributed by atoms with Crippen LogP contribution in [0, 0.1) is 0 Å². The minimum absolute atomic E-state index is 0.136. The van der Waals surface area contributed by atoms with Crippen molar-refractivity contribution in [1.29, 1.82) is 0 Å². The third-order valence-corrected chi connectivity index (χ3v) is 2.62. The average molecular weight is 218 g/mol. The van der Waals surface area contributed by atoms with E-state index in [4.69, 9.17) is 0 Å². The Hall–Kier alpha value is -0.220. The molecule has 0 bridgehead atoms. The fourth-order valence-electron chi connectivity index (χ4n) is 1.11. The van der Waals surface area contributed by atoms with Crippen LogP contribution in [-0.4, -0.2) is 37.0 Å². The van der Waals surface area contributed by atoms with Crippen molar-refractivity contribution in [2.24, 2.45) is 0 Å². The lowest BCUT2D eigenvalue weighted by Crippen LogP contribution is -2.32. The van der Waals surface area contributed by atoms with Gasteiger partial charge in [0.2, 0.25) is 5.91 Å². The molecular formula is C10H22N2OS. The van der Waals surface area contributed by atoms with Gasteiger partial charge in [-0.1, -0.05) is 0 Å². The van der Waals surface area contributed by atoms with Gasteiger partial charge in [0.25, 0.3) is 0 Å². The Kier molecular flexibility index (Phi) is 9.19. The van der Waals surface area contributed by atoms with Crippen molar-refractivity contribution in [1.82, 2.24) is 10.6 Å². The summed E-state index contributed by atoms with van der Waals surface area (Å²) in [5.74, 6) is 1.31. The first-order valence-electron chi connectivity index (χ1n) is 5.19. The van der Waals surface area contributed by atoms with Gasteiger partial charge in [-0.25, -0.2) is 0 Å². The standard InChI is InChI=1S/C10H22N2OS/c1-4-11-10(13)5-7-12-9(2)6-8-14-3/h9,12H,4-8H2,1-3H3,(H,11,13). The molecule has 0 aromatic carbocycles. The van der Waals surface area contributed by atoms with Crippen LogP contribution in [0.5, 0.6) is 0 Å². The summed E-state index contributed by atoms with van der Waals surface area (Å²) in [5.41, 5.74) is 0. The lowest BCUT2D eigenvalue weighted by Gasteiger charge is -2.12. The van der Waals surface area contributed by atoms with Gasteiger partial charge in [0.1, 0.15) is 0 Å². The molecule has 1 atom stereocenters. The van der Waals surface area contributed by atoms with Gasteiger partial charge in [-0.15, -0.1) is 0 Å². The van der Waals surface area contributed by atoms with E-state index in [9.17, 15) is 4.79 Å². The zero-order valence-corrected chi connectivity index (χ0v) is 10.2. The Morgan fingerprint density at radius 3 is 2.79 bits per heavy atom. The summed E-state index contributed by atoms with van der Waals surface area (Å²) in [6.45, 7) is 5.60. The SMILES string of the molecule is CCNC(=O)CCNC(C)CCSC. The molecule has 0 aromatic rings. The molecule has 2 N–H and O–H groups in total. The van der Waals surface area contributed by atoms with Gasteiger partial charge in [-0.3, -0.25) is 4.79 Å². The van der Waals surface area contributed by atoms with Crippen LogP contribution < -0.4 is 10.6 Å². The van der Waals surface area contributed by atoms with E-state index < -0.39 is 0 Å². The van der Waals surface area contributed by atoms with Crippen LogP contribution in [0.25, 0.3) is 0 Å². The Morgan fingerprint density at radius 1 is 1.50 bits per heavy atom. The molecule has 4 heteroatoms. The van der Waals surface area contributed by atoms with Crippen molar-refractivity contribution >= 4 is 17.7 Å². The first kappa shape index (κ1) is 13.8. The summed E-state index contributed by atoms with van der Waals surface area (Å²) < 4.78 is 0. The number of nitrogens with one attached hydrogen (secondary N) is 2. The Bertz CT molecular complexity index is 153. The summed E-state index contributed by atoms with van der Waals surface area (Å²) in [6.07, 6.45) is 3.86. The molecule has 0 aromatic heterocycles. The second kappa shape index (κ2) is 9.34. The maximum Gasteiger partial charge on any atom is 0.221 e. The van der Waals surface area contributed by atoms with Crippen molar-refractivity contribution in [2.75, 3.05) is 25.1 Å². The summed E-state index contributed by atoms with van der Waals surface area (Å²) in [7, 11) is 0. The zero-order valence-electron chi connectivity index (χ0n) is 9.43. The minimum Gasteiger partial charge on any atom is -0.356 e. The maximum atomic E-state index is 11.1. The topological polar surface area (TPSA) is 41.1 Å². The molecule has 0 aliphatic heterocycles. The molecule has 14 heavy (non-hydrogen) atoms. The highest BCUT2D eigenvalue weighted by molar-refractivity contribution is 7.98. The van der Waals surface area contributed by atoms with Gasteiger partial charge >= 0.3 is 0 Å². The van der Waals surface area contributed by atoms with Gasteiger partial charge < -0.3 is 10.6 Å². The molecule has 0 saturated carbocycles. The van der Waals surface area contributed by atoms with Crippen LogP contribution in [0.15, 0.2) is 0 Å². The molecule has 0 rings (SSSR count). The van der Waals surface area contributed by atoms with Crippen LogP contribution in [-0.2, 0) is 4.79 Å². The van der Waals surface area contributed by atoms with Crippen molar-refractivity contribution in [3.8, 4) is 0 Å². The van der Waals surface area contributed by atoms with E-state index in [1.807, 2.05) is 18.7 Å². The largest absolute Gasteiger partial charge is 0.356 e. The van der Waals surface area contributed by atoms with Gasteiger partial charge in [0.05, 0.1) is 0 Å². The molecule has 1 amide bonds. The maximum absolute atomic E-state index is 11.1. The second-order valence-corrected chi connectivity index (χ2v) is 4.33. The van der Waals surface area contributed by atoms with E-state index >= 15 is 0 Å². The number of carbonyl (C=O) groups is 1. The number of amides is 1. The van der Waals surface area contributed by atoms with E-state index in [0.29, 0.717) is 12.5 Å². The van der Waals surface area contributed by atoms with E-state index in [1.54, 1.807) is 0 Å². The van der Waals surface area contributed by atoms with E-state index in [0.717, 1.165) is 19.5 Å². The number of hydrogen-bond donors (Lipinski definition) is 2. The molecule has 0 fully saturated rings.